The van der Waals surface area contributed by atoms with E-state index in [-0.39, 0.29) is 6.54 Å². The molecule has 3 aromatic rings. The van der Waals surface area contributed by atoms with E-state index in [9.17, 15) is 17.2 Å². The van der Waals surface area contributed by atoms with E-state index in [0.717, 1.165) is 12.1 Å². The van der Waals surface area contributed by atoms with Crippen LogP contribution in [0.15, 0.2) is 64.2 Å². The van der Waals surface area contributed by atoms with Crippen LogP contribution in [0.2, 0.25) is 0 Å². The molecule has 1 aromatic carbocycles. The quantitative estimate of drug-likeness (QED) is 0.767. The normalized spacial score (nSPS) is 11.6. The average Bonchev–Trinajstić information content (AvgIpc) is 3.07. The van der Waals surface area contributed by atoms with E-state index in [4.69, 9.17) is 4.42 Å². The number of rotatable bonds is 5. The third-order valence-electron chi connectivity index (χ3n) is 3.21. The van der Waals surface area contributed by atoms with Gasteiger partial charge in [-0.3, -0.25) is 4.98 Å². The number of halogens is 2. The SMILES string of the molecule is O=S(=O)(NCc1ccc(-c2ccco2)nc1)c1cc(F)cc(F)c1. The summed E-state index contributed by atoms with van der Waals surface area (Å²) < 4.78 is 58.0. The largest absolute Gasteiger partial charge is 0.463 e. The summed E-state index contributed by atoms with van der Waals surface area (Å²) in [6.07, 6.45) is 3.02. The van der Waals surface area contributed by atoms with Crippen molar-refractivity contribution in [2.75, 3.05) is 0 Å². The van der Waals surface area contributed by atoms with Gasteiger partial charge in [-0.05, 0) is 35.9 Å². The minimum Gasteiger partial charge on any atom is -0.463 e. The van der Waals surface area contributed by atoms with E-state index in [2.05, 4.69) is 9.71 Å². The van der Waals surface area contributed by atoms with Crippen LogP contribution in [-0.4, -0.2) is 13.4 Å². The van der Waals surface area contributed by atoms with Crippen LogP contribution < -0.4 is 4.72 Å². The fraction of sp³-hybridized carbons (Fsp3) is 0.0625. The van der Waals surface area contributed by atoms with Crippen LogP contribution in [-0.2, 0) is 16.6 Å². The Kier molecular flexibility index (Phi) is 4.41. The monoisotopic (exact) mass is 350 g/mol. The molecule has 24 heavy (non-hydrogen) atoms. The van der Waals surface area contributed by atoms with Gasteiger partial charge in [0.05, 0.1) is 11.2 Å². The zero-order chi connectivity index (χ0) is 17.2. The molecule has 0 radical (unpaired) electrons. The van der Waals surface area contributed by atoms with Gasteiger partial charge in [0.1, 0.15) is 17.3 Å². The predicted molar refractivity (Wildman–Crippen MR) is 82.3 cm³/mol. The van der Waals surface area contributed by atoms with E-state index < -0.39 is 26.6 Å². The number of furan rings is 1. The Labute approximate surface area is 137 Å². The second-order valence-corrected chi connectivity index (χ2v) is 6.73. The average molecular weight is 350 g/mol. The molecule has 0 saturated heterocycles. The lowest BCUT2D eigenvalue weighted by Gasteiger charge is -2.07. The van der Waals surface area contributed by atoms with Crippen molar-refractivity contribution in [3.8, 4) is 11.5 Å². The van der Waals surface area contributed by atoms with Gasteiger partial charge in [0.2, 0.25) is 10.0 Å². The number of aromatic nitrogens is 1. The number of nitrogens with one attached hydrogen (secondary N) is 1. The summed E-state index contributed by atoms with van der Waals surface area (Å²) in [5.41, 5.74) is 1.20. The Morgan fingerprint density at radius 1 is 1.08 bits per heavy atom. The van der Waals surface area contributed by atoms with Crippen molar-refractivity contribution in [2.24, 2.45) is 0 Å². The van der Waals surface area contributed by atoms with Crippen LogP contribution in [0.3, 0.4) is 0 Å². The summed E-state index contributed by atoms with van der Waals surface area (Å²) in [4.78, 5) is 3.70. The first kappa shape index (κ1) is 16.3. The van der Waals surface area contributed by atoms with Crippen molar-refractivity contribution >= 4 is 10.0 Å². The molecular weight excluding hydrogens is 338 g/mol. The zero-order valence-electron chi connectivity index (χ0n) is 12.2. The van der Waals surface area contributed by atoms with Crippen LogP contribution in [0.4, 0.5) is 8.78 Å². The molecule has 0 aliphatic carbocycles. The number of pyridine rings is 1. The van der Waals surface area contributed by atoms with Crippen molar-refractivity contribution < 1.29 is 21.6 Å². The Hall–Kier alpha value is -2.58. The van der Waals surface area contributed by atoms with E-state index in [1.807, 2.05) is 0 Å². The van der Waals surface area contributed by atoms with Gasteiger partial charge in [-0.25, -0.2) is 21.9 Å². The molecular formula is C16H12F2N2O3S. The van der Waals surface area contributed by atoms with Crippen LogP contribution in [0.5, 0.6) is 0 Å². The number of hydrogen-bond acceptors (Lipinski definition) is 4. The summed E-state index contributed by atoms with van der Waals surface area (Å²) in [6, 6.07) is 8.97. The molecule has 0 amide bonds. The van der Waals surface area contributed by atoms with E-state index in [1.165, 1.54) is 12.5 Å². The third kappa shape index (κ3) is 3.66. The summed E-state index contributed by atoms with van der Waals surface area (Å²) in [7, 11) is -4.03. The van der Waals surface area contributed by atoms with Crippen molar-refractivity contribution in [3.05, 3.63) is 72.1 Å². The molecule has 2 heterocycles. The highest BCUT2D eigenvalue weighted by Gasteiger charge is 2.16. The highest BCUT2D eigenvalue weighted by molar-refractivity contribution is 7.89. The number of hydrogen-bond donors (Lipinski definition) is 1. The van der Waals surface area contributed by atoms with Crippen molar-refractivity contribution in [2.45, 2.75) is 11.4 Å². The first-order valence-electron chi connectivity index (χ1n) is 6.89. The lowest BCUT2D eigenvalue weighted by atomic mass is 10.2. The number of sulfonamides is 1. The lowest BCUT2D eigenvalue weighted by molar-refractivity contribution is 0.561. The molecule has 8 heteroatoms. The third-order valence-corrected chi connectivity index (χ3v) is 4.59. The Morgan fingerprint density at radius 3 is 2.42 bits per heavy atom. The smallest absolute Gasteiger partial charge is 0.241 e. The molecule has 0 aliphatic heterocycles. The molecule has 0 fully saturated rings. The standard InChI is InChI=1S/C16H12F2N2O3S/c17-12-6-13(18)8-14(7-12)24(21,22)20-10-11-3-4-15(19-9-11)16-2-1-5-23-16/h1-9,20H,10H2. The Bertz CT molecular complexity index is 920. The maximum atomic E-state index is 13.1. The summed E-state index contributed by atoms with van der Waals surface area (Å²) in [5, 5.41) is 0. The van der Waals surface area contributed by atoms with Gasteiger partial charge < -0.3 is 4.42 Å². The van der Waals surface area contributed by atoms with Gasteiger partial charge in [-0.2, -0.15) is 0 Å². The van der Waals surface area contributed by atoms with Crippen LogP contribution >= 0.6 is 0 Å². The first-order chi connectivity index (χ1) is 11.4. The van der Waals surface area contributed by atoms with Gasteiger partial charge in [-0.15, -0.1) is 0 Å². The van der Waals surface area contributed by atoms with E-state index in [0.29, 0.717) is 23.1 Å². The molecule has 0 atom stereocenters. The molecule has 0 aliphatic rings. The van der Waals surface area contributed by atoms with Crippen molar-refractivity contribution in [3.63, 3.8) is 0 Å². The maximum Gasteiger partial charge on any atom is 0.241 e. The van der Waals surface area contributed by atoms with Crippen molar-refractivity contribution in [1.29, 1.82) is 0 Å². The Balaban J connectivity index is 1.72. The predicted octanol–water partition coefficient (Wildman–Crippen LogP) is 3.10. The summed E-state index contributed by atoms with van der Waals surface area (Å²) in [6.45, 7) is -0.0636. The number of nitrogens with zero attached hydrogens (tertiary/aromatic N) is 1. The fourth-order valence-electron chi connectivity index (χ4n) is 2.04. The van der Waals surface area contributed by atoms with Crippen molar-refractivity contribution in [1.82, 2.24) is 9.71 Å². The lowest BCUT2D eigenvalue weighted by Crippen LogP contribution is -2.23. The van der Waals surface area contributed by atoms with Crippen LogP contribution in [0, 0.1) is 11.6 Å². The highest BCUT2D eigenvalue weighted by atomic mass is 32.2. The topological polar surface area (TPSA) is 72.2 Å². The summed E-state index contributed by atoms with van der Waals surface area (Å²) in [5.74, 6) is -1.32. The minimum atomic E-state index is -4.03. The van der Waals surface area contributed by atoms with E-state index >= 15 is 0 Å². The second-order valence-electron chi connectivity index (χ2n) is 4.96. The van der Waals surface area contributed by atoms with Gasteiger partial charge in [-0.1, -0.05) is 6.07 Å². The van der Waals surface area contributed by atoms with Gasteiger partial charge >= 0.3 is 0 Å². The fourth-order valence-corrected chi connectivity index (χ4v) is 3.10. The molecule has 124 valence electrons. The zero-order valence-corrected chi connectivity index (χ0v) is 13.1. The van der Waals surface area contributed by atoms with Crippen LogP contribution in [0.1, 0.15) is 5.56 Å². The van der Waals surface area contributed by atoms with E-state index in [1.54, 1.807) is 24.3 Å². The molecule has 2 aromatic heterocycles. The molecule has 0 unspecified atom stereocenters. The van der Waals surface area contributed by atoms with Crippen LogP contribution in [0.25, 0.3) is 11.5 Å². The van der Waals surface area contributed by atoms with Gasteiger partial charge in [0.15, 0.2) is 5.76 Å². The van der Waals surface area contributed by atoms with Gasteiger partial charge in [0.25, 0.3) is 0 Å². The molecule has 0 bridgehead atoms. The molecule has 0 spiro atoms. The molecule has 5 nitrogen and oxygen atoms in total. The highest BCUT2D eigenvalue weighted by Crippen LogP contribution is 2.18. The first-order valence-corrected chi connectivity index (χ1v) is 8.37. The molecule has 3 rings (SSSR count). The number of benzene rings is 1. The maximum absolute atomic E-state index is 13.1. The minimum absolute atomic E-state index is 0.0636. The van der Waals surface area contributed by atoms with Gasteiger partial charge in [0, 0.05) is 18.8 Å². The Morgan fingerprint density at radius 2 is 1.83 bits per heavy atom. The molecule has 1 N–H and O–H groups in total. The summed E-state index contributed by atoms with van der Waals surface area (Å²) >= 11 is 0. The molecule has 0 saturated carbocycles. The second kappa shape index (κ2) is 6.50.